The van der Waals surface area contributed by atoms with Crippen LogP contribution in [0, 0.1) is 0 Å². The summed E-state index contributed by atoms with van der Waals surface area (Å²) in [7, 11) is 0. The van der Waals surface area contributed by atoms with Crippen molar-refractivity contribution >= 4 is 35.4 Å². The first-order valence-electron chi connectivity index (χ1n) is 5.75. The van der Waals surface area contributed by atoms with Gasteiger partial charge in [0.15, 0.2) is 0 Å². The van der Waals surface area contributed by atoms with Gasteiger partial charge < -0.3 is 10.4 Å². The molecule has 1 amide bonds. The maximum atomic E-state index is 11.6. The molecule has 1 rings (SSSR count). The molecule has 0 bridgehead atoms. The molecule has 6 heteroatoms. The van der Waals surface area contributed by atoms with Gasteiger partial charge in [-0.25, -0.2) is 0 Å². The molecule has 0 aliphatic heterocycles. The Bertz CT molecular complexity index is 273. The third kappa shape index (κ3) is 5.68. The highest BCUT2D eigenvalue weighted by Gasteiger charge is 2.25. The Morgan fingerprint density at radius 1 is 1.29 bits per heavy atom. The monoisotopic (exact) mass is 277 g/mol. The highest BCUT2D eigenvalue weighted by molar-refractivity contribution is 8.00. The van der Waals surface area contributed by atoms with E-state index < -0.39 is 5.97 Å². The lowest BCUT2D eigenvalue weighted by Gasteiger charge is -2.30. The molecule has 1 aliphatic carbocycles. The molecule has 0 aromatic rings. The second kappa shape index (κ2) is 7.87. The predicted molar refractivity (Wildman–Crippen MR) is 72.7 cm³/mol. The van der Waals surface area contributed by atoms with Gasteiger partial charge >= 0.3 is 5.97 Å². The number of aliphatic carboxylic acids is 1. The second-order valence-corrected chi connectivity index (χ2v) is 6.18. The van der Waals surface area contributed by atoms with Gasteiger partial charge in [0.25, 0.3) is 0 Å². The van der Waals surface area contributed by atoms with Crippen LogP contribution < -0.4 is 5.32 Å². The summed E-state index contributed by atoms with van der Waals surface area (Å²) in [5, 5.41) is 12.0. The molecule has 0 saturated heterocycles. The third-order valence-corrected chi connectivity index (χ3v) is 4.90. The van der Waals surface area contributed by atoms with Crippen LogP contribution in [0.2, 0.25) is 0 Å². The van der Waals surface area contributed by atoms with Crippen LogP contribution in [-0.2, 0) is 9.59 Å². The van der Waals surface area contributed by atoms with E-state index in [0.717, 1.165) is 24.6 Å². The zero-order valence-corrected chi connectivity index (χ0v) is 11.6. The van der Waals surface area contributed by atoms with Gasteiger partial charge in [-0.1, -0.05) is 12.8 Å². The molecule has 0 aromatic carbocycles. The molecule has 0 spiro atoms. The fourth-order valence-electron chi connectivity index (χ4n) is 2.02. The Labute approximate surface area is 110 Å². The molecule has 0 radical (unpaired) electrons. The topological polar surface area (TPSA) is 66.4 Å². The van der Waals surface area contributed by atoms with Crippen LogP contribution in [0.1, 0.15) is 25.7 Å². The molecule has 17 heavy (non-hydrogen) atoms. The number of nitrogens with one attached hydrogen (secondary N) is 1. The van der Waals surface area contributed by atoms with Crippen LogP contribution in [0.5, 0.6) is 0 Å². The molecule has 98 valence electrons. The molecule has 4 nitrogen and oxygen atoms in total. The number of carbonyl (C=O) groups excluding carboxylic acids is 1. The van der Waals surface area contributed by atoms with Gasteiger partial charge in [0.05, 0.1) is 11.5 Å². The number of amides is 1. The average molecular weight is 277 g/mol. The van der Waals surface area contributed by atoms with Crippen molar-refractivity contribution in [1.82, 2.24) is 5.32 Å². The van der Waals surface area contributed by atoms with E-state index in [2.05, 4.69) is 11.6 Å². The SMILES string of the molecule is CSC1CCCCC1NC(=O)CSCC(=O)O. The first-order valence-corrected chi connectivity index (χ1v) is 8.19. The molecule has 0 aromatic heterocycles. The van der Waals surface area contributed by atoms with E-state index in [9.17, 15) is 9.59 Å². The van der Waals surface area contributed by atoms with Crippen LogP contribution in [0.3, 0.4) is 0 Å². The summed E-state index contributed by atoms with van der Waals surface area (Å²) in [6.07, 6.45) is 6.69. The fourth-order valence-corrected chi connectivity index (χ4v) is 3.50. The molecule has 2 N–H and O–H groups in total. The van der Waals surface area contributed by atoms with E-state index in [4.69, 9.17) is 5.11 Å². The molecule has 1 fully saturated rings. The molecule has 2 atom stereocenters. The maximum Gasteiger partial charge on any atom is 0.313 e. The minimum absolute atomic E-state index is 0.00988. The number of thioether (sulfide) groups is 2. The standard InChI is InChI=1S/C11H19NO3S2/c1-16-9-5-3-2-4-8(9)12-10(13)6-17-7-11(14)15/h8-9H,2-7H2,1H3,(H,12,13)(H,14,15). The number of carboxylic acid groups (broad SMARTS) is 1. The van der Waals surface area contributed by atoms with Crippen LogP contribution in [0.25, 0.3) is 0 Å². The van der Waals surface area contributed by atoms with Crippen molar-refractivity contribution in [3.8, 4) is 0 Å². The van der Waals surface area contributed by atoms with Gasteiger partial charge in [-0.2, -0.15) is 11.8 Å². The minimum Gasteiger partial charge on any atom is -0.481 e. The number of rotatable bonds is 6. The van der Waals surface area contributed by atoms with Gasteiger partial charge in [0.1, 0.15) is 0 Å². The zero-order chi connectivity index (χ0) is 12.7. The molecular weight excluding hydrogens is 258 g/mol. The Balaban J connectivity index is 2.26. The third-order valence-electron chi connectivity index (χ3n) is 2.81. The summed E-state index contributed by atoms with van der Waals surface area (Å²) < 4.78 is 0. The lowest BCUT2D eigenvalue weighted by molar-refractivity contribution is -0.133. The van der Waals surface area contributed by atoms with E-state index in [0.29, 0.717) is 5.25 Å². The summed E-state index contributed by atoms with van der Waals surface area (Å²) in [6.45, 7) is 0. The van der Waals surface area contributed by atoms with Crippen molar-refractivity contribution in [3.05, 3.63) is 0 Å². The zero-order valence-electron chi connectivity index (χ0n) is 9.98. The molecular formula is C11H19NO3S2. The summed E-state index contributed by atoms with van der Waals surface area (Å²) in [5.74, 6) is -0.682. The summed E-state index contributed by atoms with van der Waals surface area (Å²) in [6, 6.07) is 0.261. The molecule has 1 aliphatic rings. The maximum absolute atomic E-state index is 11.6. The minimum atomic E-state index is -0.873. The van der Waals surface area contributed by atoms with Crippen LogP contribution in [0.15, 0.2) is 0 Å². The van der Waals surface area contributed by atoms with Crippen LogP contribution >= 0.6 is 23.5 Å². The molecule has 0 heterocycles. The Hall–Kier alpha value is -0.360. The van der Waals surface area contributed by atoms with Crippen molar-refractivity contribution < 1.29 is 14.7 Å². The number of hydrogen-bond donors (Lipinski definition) is 2. The summed E-state index contributed by atoms with van der Waals surface area (Å²) in [5.41, 5.74) is 0. The predicted octanol–water partition coefficient (Wildman–Crippen LogP) is 1.59. The highest BCUT2D eigenvalue weighted by Crippen LogP contribution is 2.27. The van der Waals surface area contributed by atoms with Crippen molar-refractivity contribution in [3.63, 3.8) is 0 Å². The van der Waals surface area contributed by atoms with Gasteiger partial charge in [-0.15, -0.1) is 11.8 Å². The second-order valence-electron chi connectivity index (χ2n) is 4.12. The van der Waals surface area contributed by atoms with Gasteiger partial charge in [-0.3, -0.25) is 9.59 Å². The fraction of sp³-hybridized carbons (Fsp3) is 0.818. The number of carboxylic acids is 1. The lowest BCUT2D eigenvalue weighted by atomic mass is 9.95. The van der Waals surface area contributed by atoms with Gasteiger partial charge in [0.2, 0.25) is 5.91 Å². The normalized spacial score (nSPS) is 24.3. The van der Waals surface area contributed by atoms with Crippen molar-refractivity contribution in [1.29, 1.82) is 0 Å². The molecule has 1 saturated carbocycles. The highest BCUT2D eigenvalue weighted by atomic mass is 32.2. The largest absolute Gasteiger partial charge is 0.481 e. The number of carbonyl (C=O) groups is 2. The summed E-state index contributed by atoms with van der Waals surface area (Å²) in [4.78, 5) is 21.9. The quantitative estimate of drug-likeness (QED) is 0.772. The van der Waals surface area contributed by atoms with Crippen LogP contribution in [-0.4, -0.2) is 46.0 Å². The van der Waals surface area contributed by atoms with E-state index in [1.54, 1.807) is 0 Å². The van der Waals surface area contributed by atoms with Crippen molar-refractivity contribution in [2.45, 2.75) is 37.0 Å². The average Bonchev–Trinajstić information content (AvgIpc) is 2.29. The Morgan fingerprint density at radius 2 is 2.00 bits per heavy atom. The van der Waals surface area contributed by atoms with Gasteiger partial charge in [0, 0.05) is 11.3 Å². The summed E-state index contributed by atoms with van der Waals surface area (Å²) >= 11 is 2.96. The van der Waals surface area contributed by atoms with E-state index in [1.165, 1.54) is 12.8 Å². The first kappa shape index (κ1) is 14.7. The lowest BCUT2D eigenvalue weighted by Crippen LogP contribution is -2.44. The van der Waals surface area contributed by atoms with Crippen molar-refractivity contribution in [2.24, 2.45) is 0 Å². The van der Waals surface area contributed by atoms with E-state index in [1.807, 2.05) is 11.8 Å². The van der Waals surface area contributed by atoms with E-state index in [-0.39, 0.29) is 23.5 Å². The smallest absolute Gasteiger partial charge is 0.313 e. The first-order chi connectivity index (χ1) is 8.13. The van der Waals surface area contributed by atoms with Crippen LogP contribution in [0.4, 0.5) is 0 Å². The van der Waals surface area contributed by atoms with Gasteiger partial charge in [-0.05, 0) is 19.1 Å². The Morgan fingerprint density at radius 3 is 2.65 bits per heavy atom. The Kier molecular flexibility index (Phi) is 6.80. The van der Waals surface area contributed by atoms with Crippen molar-refractivity contribution in [2.75, 3.05) is 17.8 Å². The van der Waals surface area contributed by atoms with E-state index >= 15 is 0 Å². The number of hydrogen-bond acceptors (Lipinski definition) is 4. The molecule has 2 unspecified atom stereocenters.